The summed E-state index contributed by atoms with van der Waals surface area (Å²) in [6, 6.07) is -0.0377. The lowest BCUT2D eigenvalue weighted by atomic mass is 10.3. The molecule has 1 unspecified atom stereocenters. The highest BCUT2D eigenvalue weighted by atomic mass is 32.2. The molecule has 0 aliphatic carbocycles. The van der Waals surface area contributed by atoms with Gasteiger partial charge in [-0.3, -0.25) is 0 Å². The average Bonchev–Trinajstić information content (AvgIpc) is 2.10. The fraction of sp³-hybridized carbons (Fsp3) is 1.00. The second-order valence-corrected chi connectivity index (χ2v) is 6.28. The molecule has 0 spiro atoms. The van der Waals surface area contributed by atoms with E-state index in [0.29, 0.717) is 6.42 Å². The maximum absolute atomic E-state index is 11.6. The van der Waals surface area contributed by atoms with E-state index in [1.54, 1.807) is 0 Å². The number of unbranched alkanes of at least 4 members (excludes halogenated alkanes) is 1. The van der Waals surface area contributed by atoms with Gasteiger partial charge >= 0.3 is 0 Å². The molecular formula is C10H25N3O2S. The standard InChI is InChI=1S/C10H25N3O2S/c1-10(9-13(3)4)12-16(14,15)8-6-5-7-11-2/h10-12H,5-9H2,1-4H3. The number of hydrogen-bond donors (Lipinski definition) is 2. The van der Waals surface area contributed by atoms with E-state index in [4.69, 9.17) is 0 Å². The third kappa shape index (κ3) is 9.08. The molecule has 0 amide bonds. The molecule has 0 bridgehead atoms. The zero-order valence-corrected chi connectivity index (χ0v) is 11.6. The summed E-state index contributed by atoms with van der Waals surface area (Å²) in [7, 11) is 2.61. The van der Waals surface area contributed by atoms with Crippen molar-refractivity contribution in [3.8, 4) is 0 Å². The third-order valence-electron chi connectivity index (χ3n) is 2.11. The summed E-state index contributed by atoms with van der Waals surface area (Å²) in [5, 5.41) is 3.00. The van der Waals surface area contributed by atoms with E-state index in [-0.39, 0.29) is 11.8 Å². The van der Waals surface area contributed by atoms with Crippen LogP contribution >= 0.6 is 0 Å². The summed E-state index contributed by atoms with van der Waals surface area (Å²) in [5.41, 5.74) is 0. The number of rotatable bonds is 9. The monoisotopic (exact) mass is 251 g/mol. The number of sulfonamides is 1. The first-order chi connectivity index (χ1) is 7.37. The molecule has 0 saturated heterocycles. The molecule has 0 aromatic rings. The Balaban J connectivity index is 3.86. The van der Waals surface area contributed by atoms with Crippen LogP contribution in [0, 0.1) is 0 Å². The predicted molar refractivity (Wildman–Crippen MR) is 68.1 cm³/mol. The average molecular weight is 251 g/mol. The summed E-state index contributed by atoms with van der Waals surface area (Å²) < 4.78 is 25.9. The molecule has 0 aromatic heterocycles. The second kappa shape index (κ2) is 8.00. The fourth-order valence-corrected chi connectivity index (χ4v) is 2.93. The fourth-order valence-electron chi connectivity index (χ4n) is 1.54. The van der Waals surface area contributed by atoms with Crippen molar-refractivity contribution in [2.45, 2.75) is 25.8 Å². The molecular weight excluding hydrogens is 226 g/mol. The SMILES string of the molecule is CNCCCCS(=O)(=O)NC(C)CN(C)C. The van der Waals surface area contributed by atoms with Crippen molar-refractivity contribution >= 4 is 10.0 Å². The van der Waals surface area contributed by atoms with Crippen LogP contribution in [0.1, 0.15) is 19.8 Å². The van der Waals surface area contributed by atoms with E-state index in [0.717, 1.165) is 19.5 Å². The minimum Gasteiger partial charge on any atom is -0.320 e. The van der Waals surface area contributed by atoms with Crippen LogP contribution in [-0.4, -0.2) is 59.3 Å². The highest BCUT2D eigenvalue weighted by molar-refractivity contribution is 7.89. The van der Waals surface area contributed by atoms with Crippen LogP contribution in [0.5, 0.6) is 0 Å². The first-order valence-electron chi connectivity index (χ1n) is 5.66. The van der Waals surface area contributed by atoms with E-state index >= 15 is 0 Å². The van der Waals surface area contributed by atoms with Crippen molar-refractivity contribution in [3.05, 3.63) is 0 Å². The van der Waals surface area contributed by atoms with Crippen LogP contribution in [0.4, 0.5) is 0 Å². The Morgan fingerprint density at radius 2 is 1.88 bits per heavy atom. The van der Waals surface area contributed by atoms with E-state index in [1.165, 1.54) is 0 Å². The highest BCUT2D eigenvalue weighted by Crippen LogP contribution is 1.96. The topological polar surface area (TPSA) is 61.4 Å². The van der Waals surface area contributed by atoms with Crippen molar-refractivity contribution < 1.29 is 8.42 Å². The Bertz CT molecular complexity index is 265. The Morgan fingerprint density at radius 3 is 2.38 bits per heavy atom. The van der Waals surface area contributed by atoms with E-state index in [9.17, 15) is 8.42 Å². The molecule has 0 fully saturated rings. The minimum absolute atomic E-state index is 0.0377. The molecule has 2 N–H and O–H groups in total. The van der Waals surface area contributed by atoms with Crippen LogP contribution in [0.15, 0.2) is 0 Å². The lowest BCUT2D eigenvalue weighted by Crippen LogP contribution is -2.40. The van der Waals surface area contributed by atoms with Gasteiger partial charge in [0.2, 0.25) is 10.0 Å². The van der Waals surface area contributed by atoms with Crippen molar-refractivity contribution in [2.24, 2.45) is 0 Å². The first kappa shape index (κ1) is 15.8. The van der Waals surface area contributed by atoms with Gasteiger partial charge in [0, 0.05) is 12.6 Å². The molecule has 98 valence electrons. The van der Waals surface area contributed by atoms with Gasteiger partial charge in [-0.2, -0.15) is 0 Å². The zero-order valence-electron chi connectivity index (χ0n) is 10.8. The predicted octanol–water partition coefficient (Wildman–Crippen LogP) is -0.144. The van der Waals surface area contributed by atoms with E-state index in [1.807, 2.05) is 33.0 Å². The van der Waals surface area contributed by atoms with Gasteiger partial charge in [-0.05, 0) is 47.5 Å². The van der Waals surface area contributed by atoms with Gasteiger partial charge in [-0.25, -0.2) is 13.1 Å². The Kier molecular flexibility index (Phi) is 7.91. The zero-order chi connectivity index (χ0) is 12.6. The van der Waals surface area contributed by atoms with Crippen LogP contribution in [0.25, 0.3) is 0 Å². The van der Waals surface area contributed by atoms with Crippen LogP contribution in [-0.2, 0) is 10.0 Å². The maximum atomic E-state index is 11.6. The number of likely N-dealkylation sites (N-methyl/N-ethyl adjacent to an activating group) is 1. The summed E-state index contributed by atoms with van der Waals surface area (Å²) >= 11 is 0. The summed E-state index contributed by atoms with van der Waals surface area (Å²) in [5.74, 6) is 0.215. The van der Waals surface area contributed by atoms with Crippen LogP contribution in [0.3, 0.4) is 0 Å². The molecule has 16 heavy (non-hydrogen) atoms. The van der Waals surface area contributed by atoms with Gasteiger partial charge in [-0.15, -0.1) is 0 Å². The van der Waals surface area contributed by atoms with Crippen molar-refractivity contribution in [1.82, 2.24) is 14.9 Å². The largest absolute Gasteiger partial charge is 0.320 e. The maximum Gasteiger partial charge on any atom is 0.211 e. The first-order valence-corrected chi connectivity index (χ1v) is 7.32. The van der Waals surface area contributed by atoms with E-state index < -0.39 is 10.0 Å². The number of hydrogen-bond acceptors (Lipinski definition) is 4. The van der Waals surface area contributed by atoms with E-state index in [2.05, 4.69) is 10.0 Å². The van der Waals surface area contributed by atoms with Gasteiger partial charge in [0.15, 0.2) is 0 Å². The van der Waals surface area contributed by atoms with Gasteiger partial charge in [0.1, 0.15) is 0 Å². The molecule has 0 aliphatic rings. The third-order valence-corrected chi connectivity index (χ3v) is 3.70. The molecule has 5 nitrogen and oxygen atoms in total. The Morgan fingerprint density at radius 1 is 1.25 bits per heavy atom. The Hall–Kier alpha value is -0.170. The van der Waals surface area contributed by atoms with Gasteiger partial charge in [-0.1, -0.05) is 0 Å². The van der Waals surface area contributed by atoms with Gasteiger partial charge in [0.05, 0.1) is 5.75 Å². The van der Waals surface area contributed by atoms with Crippen LogP contribution < -0.4 is 10.0 Å². The second-order valence-electron chi connectivity index (χ2n) is 4.41. The molecule has 1 atom stereocenters. The quantitative estimate of drug-likeness (QED) is 0.560. The Labute approximate surface area is 99.6 Å². The van der Waals surface area contributed by atoms with Crippen LogP contribution in [0.2, 0.25) is 0 Å². The lowest BCUT2D eigenvalue weighted by Gasteiger charge is -2.18. The minimum atomic E-state index is -3.11. The molecule has 0 saturated carbocycles. The normalized spacial score (nSPS) is 14.3. The number of nitrogens with zero attached hydrogens (tertiary/aromatic N) is 1. The number of nitrogens with one attached hydrogen (secondary N) is 2. The molecule has 6 heteroatoms. The summed E-state index contributed by atoms with van der Waals surface area (Å²) in [6.07, 6.45) is 1.59. The highest BCUT2D eigenvalue weighted by Gasteiger charge is 2.14. The van der Waals surface area contributed by atoms with Gasteiger partial charge in [0.25, 0.3) is 0 Å². The molecule has 0 heterocycles. The molecule has 0 rings (SSSR count). The molecule has 0 aromatic carbocycles. The summed E-state index contributed by atoms with van der Waals surface area (Å²) in [6.45, 7) is 3.46. The lowest BCUT2D eigenvalue weighted by molar-refractivity contribution is 0.370. The van der Waals surface area contributed by atoms with Gasteiger partial charge < -0.3 is 10.2 Å². The molecule has 0 aliphatic heterocycles. The van der Waals surface area contributed by atoms with Crippen molar-refractivity contribution in [2.75, 3.05) is 40.0 Å². The van der Waals surface area contributed by atoms with Crippen molar-refractivity contribution in [3.63, 3.8) is 0 Å². The molecule has 0 radical (unpaired) electrons. The summed E-state index contributed by atoms with van der Waals surface area (Å²) in [4.78, 5) is 1.97. The van der Waals surface area contributed by atoms with Crippen molar-refractivity contribution in [1.29, 1.82) is 0 Å². The smallest absolute Gasteiger partial charge is 0.211 e.